The van der Waals surface area contributed by atoms with Crippen molar-refractivity contribution >= 4 is 33.3 Å². The SMILES string of the molecule is CCc1cc2c(cc1C(=O)C[C@]1(O)C(=O)Nc3ccc(Br)cc31)C(C)(C)CCC2(C)C. The second kappa shape index (κ2) is 7.28. The Kier molecular flexibility index (Phi) is 5.22. The molecule has 0 aromatic heterocycles. The first-order valence-electron chi connectivity index (χ1n) is 10.9. The summed E-state index contributed by atoms with van der Waals surface area (Å²) in [6, 6.07) is 9.47. The molecule has 2 aliphatic rings. The molecule has 1 aliphatic carbocycles. The summed E-state index contributed by atoms with van der Waals surface area (Å²) in [6.07, 6.45) is 2.60. The van der Waals surface area contributed by atoms with E-state index in [2.05, 4.69) is 55.0 Å². The zero-order chi connectivity index (χ0) is 22.8. The van der Waals surface area contributed by atoms with Crippen molar-refractivity contribution in [1.82, 2.24) is 0 Å². The zero-order valence-corrected chi connectivity index (χ0v) is 20.4. The largest absolute Gasteiger partial charge is 0.375 e. The van der Waals surface area contributed by atoms with Crippen molar-refractivity contribution in [3.05, 3.63) is 62.6 Å². The van der Waals surface area contributed by atoms with Crippen LogP contribution in [0.4, 0.5) is 5.69 Å². The van der Waals surface area contributed by atoms with E-state index in [4.69, 9.17) is 0 Å². The summed E-state index contributed by atoms with van der Waals surface area (Å²) >= 11 is 3.40. The number of halogens is 1. The van der Waals surface area contributed by atoms with Crippen molar-refractivity contribution in [2.24, 2.45) is 0 Å². The first-order chi connectivity index (χ1) is 14.4. The minimum atomic E-state index is -1.87. The number of rotatable bonds is 4. The van der Waals surface area contributed by atoms with E-state index in [-0.39, 0.29) is 23.0 Å². The molecular weight excluding hydrogens is 454 g/mol. The molecule has 4 rings (SSSR count). The minimum absolute atomic E-state index is 0.0226. The van der Waals surface area contributed by atoms with Crippen LogP contribution < -0.4 is 5.32 Å². The summed E-state index contributed by atoms with van der Waals surface area (Å²) < 4.78 is 0.751. The van der Waals surface area contributed by atoms with Crippen LogP contribution in [0.25, 0.3) is 0 Å². The Hall–Kier alpha value is -1.98. The van der Waals surface area contributed by atoms with Gasteiger partial charge < -0.3 is 10.4 Å². The number of benzene rings is 2. The average molecular weight is 484 g/mol. The third-order valence-electron chi connectivity index (χ3n) is 7.23. The van der Waals surface area contributed by atoms with Crippen LogP contribution in [-0.2, 0) is 27.6 Å². The maximum atomic E-state index is 13.5. The Bertz CT molecular complexity index is 1100. The van der Waals surface area contributed by atoms with Crippen LogP contribution in [0, 0.1) is 0 Å². The van der Waals surface area contributed by atoms with Crippen molar-refractivity contribution in [2.75, 3.05) is 5.32 Å². The lowest BCUT2D eigenvalue weighted by atomic mass is 9.62. The minimum Gasteiger partial charge on any atom is -0.375 e. The molecule has 4 nitrogen and oxygen atoms in total. The number of Topliss-reactive ketones (excluding diaryl/α,β-unsaturated/α-hetero) is 1. The maximum Gasteiger partial charge on any atom is 0.261 e. The topological polar surface area (TPSA) is 66.4 Å². The molecule has 0 spiro atoms. The molecule has 1 amide bonds. The van der Waals surface area contributed by atoms with Gasteiger partial charge in [-0.25, -0.2) is 0 Å². The lowest BCUT2D eigenvalue weighted by Crippen LogP contribution is -2.37. The van der Waals surface area contributed by atoms with Crippen LogP contribution in [0.15, 0.2) is 34.8 Å². The van der Waals surface area contributed by atoms with E-state index in [0.717, 1.165) is 29.3 Å². The highest BCUT2D eigenvalue weighted by molar-refractivity contribution is 9.10. The standard InChI is InChI=1S/C26H30BrNO3/c1-6-15-11-18-19(25(4,5)10-9-24(18,2)3)13-17(15)22(29)14-26(31)20-12-16(27)7-8-21(20)28-23(26)30/h7-8,11-13,31H,6,9-10,14H2,1-5H3,(H,28,30)/t26-/m1/s1. The molecule has 0 bridgehead atoms. The number of aryl methyl sites for hydroxylation is 1. The Balaban J connectivity index is 1.78. The molecule has 5 heteroatoms. The summed E-state index contributed by atoms with van der Waals surface area (Å²) in [4.78, 5) is 26.2. The lowest BCUT2D eigenvalue weighted by molar-refractivity contribution is -0.133. The molecule has 0 saturated carbocycles. The molecule has 2 aromatic carbocycles. The first kappa shape index (κ1) is 22.2. The fourth-order valence-electron chi connectivity index (χ4n) is 5.03. The normalized spacial score (nSPS) is 23.1. The number of hydrogen-bond donors (Lipinski definition) is 2. The fourth-order valence-corrected chi connectivity index (χ4v) is 5.39. The first-order valence-corrected chi connectivity index (χ1v) is 11.7. The second-order valence-corrected chi connectivity index (χ2v) is 11.2. The van der Waals surface area contributed by atoms with Gasteiger partial charge in [0.25, 0.3) is 5.91 Å². The van der Waals surface area contributed by atoms with Crippen LogP contribution in [0.5, 0.6) is 0 Å². The van der Waals surface area contributed by atoms with Gasteiger partial charge in [0.1, 0.15) is 0 Å². The second-order valence-electron chi connectivity index (χ2n) is 10.3. The van der Waals surface area contributed by atoms with Gasteiger partial charge in [0.2, 0.25) is 0 Å². The van der Waals surface area contributed by atoms with Gasteiger partial charge in [0.15, 0.2) is 11.4 Å². The van der Waals surface area contributed by atoms with Crippen molar-refractivity contribution in [2.45, 2.75) is 76.7 Å². The van der Waals surface area contributed by atoms with Gasteiger partial charge in [-0.3, -0.25) is 9.59 Å². The van der Waals surface area contributed by atoms with Crippen LogP contribution in [0.2, 0.25) is 0 Å². The molecule has 1 atom stereocenters. The van der Waals surface area contributed by atoms with Gasteiger partial charge in [0.05, 0.1) is 6.42 Å². The predicted octanol–water partition coefficient (Wildman–Crippen LogP) is 5.77. The van der Waals surface area contributed by atoms with E-state index in [0.29, 0.717) is 16.8 Å². The maximum absolute atomic E-state index is 13.5. The third kappa shape index (κ3) is 3.56. The zero-order valence-electron chi connectivity index (χ0n) is 18.9. The number of ketones is 1. The lowest BCUT2D eigenvalue weighted by Gasteiger charge is -2.42. The molecule has 0 unspecified atom stereocenters. The van der Waals surface area contributed by atoms with Gasteiger partial charge in [-0.2, -0.15) is 0 Å². The third-order valence-corrected chi connectivity index (χ3v) is 7.72. The monoisotopic (exact) mass is 483 g/mol. The molecule has 0 fully saturated rings. The summed E-state index contributed by atoms with van der Waals surface area (Å²) in [5.74, 6) is -0.754. The summed E-state index contributed by atoms with van der Waals surface area (Å²) in [6.45, 7) is 11.0. The van der Waals surface area contributed by atoms with E-state index in [1.54, 1.807) is 18.2 Å². The summed E-state index contributed by atoms with van der Waals surface area (Å²) in [5, 5.41) is 14.0. The van der Waals surface area contributed by atoms with Crippen LogP contribution in [-0.4, -0.2) is 16.8 Å². The van der Waals surface area contributed by atoms with Crippen molar-refractivity contribution < 1.29 is 14.7 Å². The highest BCUT2D eigenvalue weighted by Gasteiger charge is 2.47. The molecule has 1 aliphatic heterocycles. The van der Waals surface area contributed by atoms with Crippen LogP contribution in [0.1, 0.15) is 86.5 Å². The fraction of sp³-hybridized carbons (Fsp3) is 0.462. The number of carbonyl (C=O) groups excluding carboxylic acids is 2. The van der Waals surface area contributed by atoms with E-state index >= 15 is 0 Å². The molecule has 2 N–H and O–H groups in total. The van der Waals surface area contributed by atoms with Crippen LogP contribution >= 0.6 is 15.9 Å². The quantitative estimate of drug-likeness (QED) is 0.542. The predicted molar refractivity (Wildman–Crippen MR) is 127 cm³/mol. The Labute approximate surface area is 192 Å². The Morgan fingerprint density at radius 2 is 1.65 bits per heavy atom. The Morgan fingerprint density at radius 1 is 1.03 bits per heavy atom. The summed E-state index contributed by atoms with van der Waals surface area (Å²) in [7, 11) is 0. The number of fused-ring (bicyclic) bond motifs is 2. The van der Waals surface area contributed by atoms with Crippen molar-refractivity contribution in [1.29, 1.82) is 0 Å². The number of carbonyl (C=O) groups is 2. The number of nitrogens with one attached hydrogen (secondary N) is 1. The molecule has 2 aromatic rings. The van der Waals surface area contributed by atoms with Gasteiger partial charge >= 0.3 is 0 Å². The molecular formula is C26H30BrNO3. The number of amides is 1. The Morgan fingerprint density at radius 3 is 2.26 bits per heavy atom. The van der Waals surface area contributed by atoms with E-state index < -0.39 is 11.5 Å². The van der Waals surface area contributed by atoms with Gasteiger partial charge in [-0.1, -0.05) is 56.6 Å². The smallest absolute Gasteiger partial charge is 0.261 e. The van der Waals surface area contributed by atoms with Crippen LogP contribution in [0.3, 0.4) is 0 Å². The van der Waals surface area contributed by atoms with E-state index in [9.17, 15) is 14.7 Å². The van der Waals surface area contributed by atoms with Gasteiger partial charge in [-0.15, -0.1) is 0 Å². The summed E-state index contributed by atoms with van der Waals surface area (Å²) in [5.41, 5.74) is 3.27. The number of hydrogen-bond acceptors (Lipinski definition) is 3. The molecule has 31 heavy (non-hydrogen) atoms. The molecule has 0 saturated heterocycles. The van der Waals surface area contributed by atoms with Crippen molar-refractivity contribution in [3.63, 3.8) is 0 Å². The number of anilines is 1. The van der Waals surface area contributed by atoms with Gasteiger partial charge in [0, 0.05) is 21.3 Å². The molecule has 1 heterocycles. The average Bonchev–Trinajstić information content (AvgIpc) is 2.94. The highest BCUT2D eigenvalue weighted by atomic mass is 79.9. The van der Waals surface area contributed by atoms with Crippen molar-refractivity contribution in [3.8, 4) is 0 Å². The highest BCUT2D eigenvalue weighted by Crippen LogP contribution is 2.47. The molecule has 164 valence electrons. The number of aliphatic hydroxyl groups is 1. The molecule has 0 radical (unpaired) electrons. The van der Waals surface area contributed by atoms with E-state index in [1.807, 2.05) is 13.0 Å². The van der Waals surface area contributed by atoms with E-state index in [1.165, 1.54) is 11.1 Å². The van der Waals surface area contributed by atoms with Gasteiger partial charge in [-0.05, 0) is 71.0 Å².